The SMILES string of the molecule is CCC[C@H](CC(=O)N1CCC(c2nc(N)c3cc(OC)c(OC)c(F)c3n2)CC1)c1ccc(F)cc1. The number of methoxy groups -OCH3 is 2. The molecule has 9 heteroatoms. The van der Waals surface area contributed by atoms with Gasteiger partial charge in [-0.15, -0.1) is 0 Å². The lowest BCUT2D eigenvalue weighted by molar-refractivity contribution is -0.132. The molecule has 1 aromatic heterocycles. The highest BCUT2D eigenvalue weighted by Crippen LogP contribution is 2.38. The molecule has 7 nitrogen and oxygen atoms in total. The van der Waals surface area contributed by atoms with Gasteiger partial charge in [-0.25, -0.2) is 18.7 Å². The van der Waals surface area contributed by atoms with Crippen molar-refractivity contribution in [3.05, 3.63) is 53.4 Å². The monoisotopic (exact) mass is 498 g/mol. The largest absolute Gasteiger partial charge is 0.493 e. The maximum Gasteiger partial charge on any atom is 0.223 e. The van der Waals surface area contributed by atoms with Crippen LogP contribution in [0.1, 0.15) is 62.3 Å². The number of nitrogens with two attached hydrogens (primary N) is 1. The van der Waals surface area contributed by atoms with Crippen LogP contribution in [0.15, 0.2) is 30.3 Å². The second-order valence-corrected chi connectivity index (χ2v) is 9.19. The number of hydrogen-bond acceptors (Lipinski definition) is 6. The third-order valence-electron chi connectivity index (χ3n) is 6.94. The first-order valence-corrected chi connectivity index (χ1v) is 12.3. The van der Waals surface area contributed by atoms with Crippen LogP contribution in [-0.2, 0) is 4.79 Å². The zero-order chi connectivity index (χ0) is 25.8. The van der Waals surface area contributed by atoms with Crippen LogP contribution in [-0.4, -0.2) is 48.1 Å². The summed E-state index contributed by atoms with van der Waals surface area (Å²) in [5, 5.41) is 0.365. The van der Waals surface area contributed by atoms with Gasteiger partial charge < -0.3 is 20.1 Å². The Labute approximate surface area is 209 Å². The highest BCUT2D eigenvalue weighted by Gasteiger charge is 2.29. The highest BCUT2D eigenvalue weighted by atomic mass is 19.1. The number of carbonyl (C=O) groups is 1. The van der Waals surface area contributed by atoms with Gasteiger partial charge in [0.05, 0.1) is 14.2 Å². The van der Waals surface area contributed by atoms with Crippen molar-refractivity contribution >= 4 is 22.6 Å². The van der Waals surface area contributed by atoms with Gasteiger partial charge in [-0.05, 0) is 48.9 Å². The van der Waals surface area contributed by atoms with Gasteiger partial charge in [0.15, 0.2) is 17.3 Å². The first-order valence-electron chi connectivity index (χ1n) is 12.3. The number of nitrogen functional groups attached to an aromatic ring is 1. The Morgan fingerprint density at radius 1 is 1.14 bits per heavy atom. The lowest BCUT2D eigenvalue weighted by Gasteiger charge is -2.32. The third kappa shape index (κ3) is 5.20. The van der Waals surface area contributed by atoms with E-state index in [-0.39, 0.29) is 46.4 Å². The van der Waals surface area contributed by atoms with Crippen LogP contribution in [0.2, 0.25) is 0 Å². The summed E-state index contributed by atoms with van der Waals surface area (Å²) in [5.41, 5.74) is 7.24. The van der Waals surface area contributed by atoms with Crippen LogP contribution in [0.25, 0.3) is 10.9 Å². The fraction of sp³-hybridized carbons (Fsp3) is 0.444. The minimum atomic E-state index is -0.641. The number of fused-ring (bicyclic) bond motifs is 1. The summed E-state index contributed by atoms with van der Waals surface area (Å²) in [6, 6.07) is 7.99. The average Bonchev–Trinajstić information content (AvgIpc) is 2.89. The number of nitrogens with zero attached hydrogens (tertiary/aromatic N) is 3. The van der Waals surface area contributed by atoms with E-state index in [0.717, 1.165) is 18.4 Å². The van der Waals surface area contributed by atoms with Crippen molar-refractivity contribution in [3.8, 4) is 11.5 Å². The Morgan fingerprint density at radius 2 is 1.83 bits per heavy atom. The van der Waals surface area contributed by atoms with Gasteiger partial charge in [0.1, 0.15) is 23.0 Å². The Morgan fingerprint density at radius 3 is 2.44 bits per heavy atom. The highest BCUT2D eigenvalue weighted by molar-refractivity contribution is 5.91. The topological polar surface area (TPSA) is 90.6 Å². The lowest BCUT2D eigenvalue weighted by Crippen LogP contribution is -2.38. The summed E-state index contributed by atoms with van der Waals surface area (Å²) >= 11 is 0. The summed E-state index contributed by atoms with van der Waals surface area (Å²) in [5.74, 6) is 0.00305. The smallest absolute Gasteiger partial charge is 0.223 e. The zero-order valence-corrected chi connectivity index (χ0v) is 20.9. The molecule has 2 heterocycles. The van der Waals surface area contributed by atoms with Crippen molar-refractivity contribution in [1.82, 2.24) is 14.9 Å². The third-order valence-corrected chi connectivity index (χ3v) is 6.94. The van der Waals surface area contributed by atoms with E-state index >= 15 is 4.39 Å². The molecule has 192 valence electrons. The molecule has 1 aliphatic heterocycles. The van der Waals surface area contributed by atoms with Crippen molar-refractivity contribution in [2.45, 2.75) is 50.9 Å². The number of benzene rings is 2. The van der Waals surface area contributed by atoms with Crippen LogP contribution in [0.5, 0.6) is 11.5 Å². The molecule has 0 aliphatic carbocycles. The molecule has 3 aromatic rings. The molecule has 4 rings (SSSR count). The Balaban J connectivity index is 1.47. The number of amides is 1. The zero-order valence-electron chi connectivity index (χ0n) is 20.9. The van der Waals surface area contributed by atoms with Gasteiger partial charge in [0.25, 0.3) is 0 Å². The van der Waals surface area contributed by atoms with Gasteiger partial charge >= 0.3 is 0 Å². The molecule has 1 saturated heterocycles. The maximum absolute atomic E-state index is 15.1. The summed E-state index contributed by atoms with van der Waals surface area (Å²) < 4.78 is 38.8. The van der Waals surface area contributed by atoms with Crippen LogP contribution in [0.4, 0.5) is 14.6 Å². The molecule has 2 aromatic carbocycles. The minimum absolute atomic E-state index is 0.0303. The number of ether oxygens (including phenoxy) is 2. The summed E-state index contributed by atoms with van der Waals surface area (Å²) in [7, 11) is 2.79. The number of halogens is 2. The van der Waals surface area contributed by atoms with Gasteiger partial charge in [-0.3, -0.25) is 4.79 Å². The molecule has 2 N–H and O–H groups in total. The van der Waals surface area contributed by atoms with E-state index in [1.807, 2.05) is 4.90 Å². The molecule has 1 atom stereocenters. The molecule has 0 radical (unpaired) electrons. The van der Waals surface area contributed by atoms with Crippen molar-refractivity contribution in [3.63, 3.8) is 0 Å². The average molecular weight is 499 g/mol. The van der Waals surface area contributed by atoms with Gasteiger partial charge in [0.2, 0.25) is 5.91 Å². The van der Waals surface area contributed by atoms with Crippen molar-refractivity contribution in [2.75, 3.05) is 33.0 Å². The van der Waals surface area contributed by atoms with Crippen molar-refractivity contribution in [1.29, 1.82) is 0 Å². The lowest BCUT2D eigenvalue weighted by atomic mass is 9.90. The molecule has 1 aliphatic rings. The van der Waals surface area contributed by atoms with E-state index in [1.165, 1.54) is 26.4 Å². The summed E-state index contributed by atoms with van der Waals surface area (Å²) in [6.07, 6.45) is 3.49. The van der Waals surface area contributed by atoms with Crippen molar-refractivity contribution in [2.24, 2.45) is 0 Å². The van der Waals surface area contributed by atoms with E-state index in [1.54, 1.807) is 18.2 Å². The van der Waals surface area contributed by atoms with Crippen LogP contribution >= 0.6 is 0 Å². The molecular formula is C27H32F2N4O3. The number of piperidine rings is 1. The molecule has 0 spiro atoms. The molecule has 36 heavy (non-hydrogen) atoms. The number of anilines is 1. The standard InChI is InChI=1S/C27H32F2N4O3/c1-4-5-18(16-6-8-19(28)9-7-16)14-22(34)33-12-10-17(11-13-33)27-31-24-20(26(30)32-27)15-21(35-2)25(36-3)23(24)29/h6-9,15,17-18H,4-5,10-14H2,1-3H3,(H2,30,31,32)/t18-/m1/s1. The van der Waals surface area contributed by atoms with E-state index in [2.05, 4.69) is 16.9 Å². The Kier molecular flexibility index (Phi) is 7.86. The van der Waals surface area contributed by atoms with E-state index < -0.39 is 5.82 Å². The number of carbonyl (C=O) groups excluding carboxylic acids is 1. The van der Waals surface area contributed by atoms with Crippen LogP contribution < -0.4 is 15.2 Å². The summed E-state index contributed by atoms with van der Waals surface area (Å²) in [4.78, 5) is 23.9. The number of likely N-dealkylation sites (tertiary alicyclic amines) is 1. The Bertz CT molecular complexity index is 1230. The molecular weight excluding hydrogens is 466 g/mol. The molecule has 1 amide bonds. The minimum Gasteiger partial charge on any atom is -0.493 e. The van der Waals surface area contributed by atoms with E-state index in [0.29, 0.717) is 43.6 Å². The van der Waals surface area contributed by atoms with Crippen LogP contribution in [0, 0.1) is 11.6 Å². The number of aromatic nitrogens is 2. The second-order valence-electron chi connectivity index (χ2n) is 9.19. The predicted molar refractivity (Wildman–Crippen MR) is 134 cm³/mol. The van der Waals surface area contributed by atoms with E-state index in [4.69, 9.17) is 15.2 Å². The predicted octanol–water partition coefficient (Wildman–Crippen LogP) is 5.19. The maximum atomic E-state index is 15.1. The molecule has 0 unspecified atom stereocenters. The quantitative estimate of drug-likeness (QED) is 0.460. The number of rotatable bonds is 8. The number of hydrogen-bond donors (Lipinski definition) is 1. The molecule has 0 saturated carbocycles. The van der Waals surface area contributed by atoms with Gasteiger partial charge in [-0.1, -0.05) is 25.5 Å². The van der Waals surface area contributed by atoms with E-state index in [9.17, 15) is 9.18 Å². The first-order chi connectivity index (χ1) is 17.4. The fourth-order valence-electron chi connectivity index (χ4n) is 4.95. The van der Waals surface area contributed by atoms with Gasteiger partial charge in [0, 0.05) is 30.8 Å². The summed E-state index contributed by atoms with van der Waals surface area (Å²) in [6.45, 7) is 3.19. The second kappa shape index (κ2) is 11.1. The first kappa shape index (κ1) is 25.6. The molecule has 0 bridgehead atoms. The molecule has 1 fully saturated rings. The Hall–Kier alpha value is -3.49. The van der Waals surface area contributed by atoms with Gasteiger partial charge in [-0.2, -0.15) is 0 Å². The van der Waals surface area contributed by atoms with Crippen molar-refractivity contribution < 1.29 is 23.0 Å². The fourth-order valence-corrected chi connectivity index (χ4v) is 4.95. The normalized spacial score (nSPS) is 15.2. The van der Waals surface area contributed by atoms with Crippen LogP contribution in [0.3, 0.4) is 0 Å².